The second-order valence-corrected chi connectivity index (χ2v) is 7.72. The highest BCUT2D eigenvalue weighted by Gasteiger charge is 2.26. The summed E-state index contributed by atoms with van der Waals surface area (Å²) in [5.41, 5.74) is 0.574. The number of likely N-dealkylation sites (tertiary alicyclic amines) is 1. The van der Waals surface area contributed by atoms with Gasteiger partial charge in [0.2, 0.25) is 5.88 Å². The van der Waals surface area contributed by atoms with Crippen LogP contribution in [-0.2, 0) is 6.61 Å². The summed E-state index contributed by atoms with van der Waals surface area (Å²) < 4.78 is 30.1. The first-order chi connectivity index (χ1) is 16.5. The summed E-state index contributed by atoms with van der Waals surface area (Å²) in [5.74, 6) is -0.416. The predicted molar refractivity (Wildman–Crippen MR) is 120 cm³/mol. The van der Waals surface area contributed by atoms with Crippen molar-refractivity contribution in [3.8, 4) is 17.4 Å². The molecular weight excluding hydrogens is 443 g/mol. The Hall–Kier alpha value is -4.14. The van der Waals surface area contributed by atoms with Gasteiger partial charge in [0.25, 0.3) is 0 Å². The first kappa shape index (κ1) is 23.0. The molecule has 176 valence electrons. The summed E-state index contributed by atoms with van der Waals surface area (Å²) in [6.45, 7) is 1.08. The highest BCUT2D eigenvalue weighted by Crippen LogP contribution is 2.23. The molecule has 8 nitrogen and oxygen atoms in total. The molecular formula is C25H23FN2O6. The second kappa shape index (κ2) is 10.7. The molecule has 9 heteroatoms. The molecule has 4 rings (SSSR count). The van der Waals surface area contributed by atoms with E-state index in [2.05, 4.69) is 4.98 Å². The van der Waals surface area contributed by atoms with E-state index in [4.69, 9.17) is 14.2 Å². The van der Waals surface area contributed by atoms with Gasteiger partial charge in [-0.15, -0.1) is 0 Å². The summed E-state index contributed by atoms with van der Waals surface area (Å²) in [4.78, 5) is 29.0. The van der Waals surface area contributed by atoms with Crippen molar-refractivity contribution in [2.45, 2.75) is 25.6 Å². The average molecular weight is 466 g/mol. The number of aromatic nitrogens is 1. The molecule has 1 aliphatic rings. The maximum absolute atomic E-state index is 13.3. The largest absolute Gasteiger partial charge is 0.490 e. The zero-order valence-electron chi connectivity index (χ0n) is 18.2. The van der Waals surface area contributed by atoms with E-state index in [9.17, 15) is 19.1 Å². The van der Waals surface area contributed by atoms with Crippen molar-refractivity contribution in [3.63, 3.8) is 0 Å². The number of amides is 1. The minimum absolute atomic E-state index is 0.0763. The third kappa shape index (κ3) is 6.00. The molecule has 0 bridgehead atoms. The lowest BCUT2D eigenvalue weighted by molar-refractivity contribution is 0.0690. The molecule has 1 aliphatic heterocycles. The molecule has 1 aromatic heterocycles. The van der Waals surface area contributed by atoms with Gasteiger partial charge in [-0.25, -0.2) is 19.0 Å². The van der Waals surface area contributed by atoms with Gasteiger partial charge in [0.1, 0.15) is 35.6 Å². The van der Waals surface area contributed by atoms with E-state index >= 15 is 0 Å². The number of nitrogens with zero attached hydrogens (tertiary/aromatic N) is 2. The SMILES string of the molecule is O=C(O)c1cccnc1OC(=O)N1CCC(Oc2ccc(OCc3cccc(F)c3)cc2)CC1. The third-order valence-corrected chi connectivity index (χ3v) is 5.31. The smallest absolute Gasteiger partial charge is 0.416 e. The Bertz CT molecular complexity index is 1150. The first-order valence-electron chi connectivity index (χ1n) is 10.8. The molecule has 34 heavy (non-hydrogen) atoms. The Kier molecular flexibility index (Phi) is 7.22. The number of halogens is 1. The van der Waals surface area contributed by atoms with Crippen LogP contribution in [0, 0.1) is 5.82 Å². The lowest BCUT2D eigenvalue weighted by Crippen LogP contribution is -2.43. The van der Waals surface area contributed by atoms with Crippen molar-refractivity contribution in [2.75, 3.05) is 13.1 Å². The van der Waals surface area contributed by atoms with E-state index in [1.807, 2.05) is 0 Å². The molecule has 1 amide bonds. The zero-order chi connectivity index (χ0) is 23.9. The summed E-state index contributed by atoms with van der Waals surface area (Å²) >= 11 is 0. The monoisotopic (exact) mass is 466 g/mol. The zero-order valence-corrected chi connectivity index (χ0v) is 18.2. The number of carboxylic acid groups (broad SMARTS) is 1. The van der Waals surface area contributed by atoms with E-state index in [1.165, 1.54) is 35.4 Å². The van der Waals surface area contributed by atoms with Crippen molar-refractivity contribution in [1.29, 1.82) is 0 Å². The van der Waals surface area contributed by atoms with Crippen LogP contribution in [0.2, 0.25) is 0 Å². The number of hydrogen-bond acceptors (Lipinski definition) is 6. The second-order valence-electron chi connectivity index (χ2n) is 7.72. The number of carbonyl (C=O) groups excluding carboxylic acids is 1. The Labute approximate surface area is 195 Å². The summed E-state index contributed by atoms with van der Waals surface area (Å²) in [5, 5.41) is 9.19. The van der Waals surface area contributed by atoms with Crippen LogP contribution in [0.25, 0.3) is 0 Å². The Morgan fingerprint density at radius 2 is 1.76 bits per heavy atom. The van der Waals surface area contributed by atoms with Gasteiger partial charge in [0.05, 0.1) is 0 Å². The number of piperidine rings is 1. The van der Waals surface area contributed by atoms with Gasteiger partial charge >= 0.3 is 12.1 Å². The Morgan fingerprint density at radius 3 is 2.47 bits per heavy atom. The molecule has 1 N–H and O–H groups in total. The molecule has 2 aromatic carbocycles. The summed E-state index contributed by atoms with van der Waals surface area (Å²) in [7, 11) is 0. The highest BCUT2D eigenvalue weighted by molar-refractivity contribution is 5.91. The molecule has 0 aliphatic carbocycles. The van der Waals surface area contributed by atoms with Crippen LogP contribution >= 0.6 is 0 Å². The van der Waals surface area contributed by atoms with Gasteiger partial charge in [0, 0.05) is 32.1 Å². The van der Waals surface area contributed by atoms with Crippen LogP contribution in [0.4, 0.5) is 9.18 Å². The lowest BCUT2D eigenvalue weighted by Gasteiger charge is -2.31. The lowest BCUT2D eigenvalue weighted by atomic mass is 10.1. The van der Waals surface area contributed by atoms with E-state index in [0.29, 0.717) is 37.4 Å². The molecule has 1 fully saturated rings. The van der Waals surface area contributed by atoms with E-state index in [1.54, 1.807) is 36.4 Å². The standard InChI is InChI=1S/C25H23FN2O6/c26-18-4-1-3-17(15-18)16-32-19-6-8-20(9-7-19)33-21-10-13-28(14-11-21)25(31)34-23-22(24(29)30)5-2-12-27-23/h1-9,12,15,21H,10-11,13-14,16H2,(H,29,30). The minimum Gasteiger partial charge on any atom is -0.490 e. The first-order valence-corrected chi connectivity index (χ1v) is 10.8. The van der Waals surface area contributed by atoms with Crippen molar-refractivity contribution in [1.82, 2.24) is 9.88 Å². The summed E-state index contributed by atoms with van der Waals surface area (Å²) in [6.07, 6.45) is 1.85. The van der Waals surface area contributed by atoms with Crippen LogP contribution in [0.15, 0.2) is 66.9 Å². The van der Waals surface area contributed by atoms with Crippen LogP contribution in [-0.4, -0.2) is 46.2 Å². The van der Waals surface area contributed by atoms with E-state index in [-0.39, 0.29) is 30.0 Å². The van der Waals surface area contributed by atoms with E-state index in [0.717, 1.165) is 5.56 Å². The maximum Gasteiger partial charge on any atom is 0.416 e. The predicted octanol–water partition coefficient (Wildman–Crippen LogP) is 4.54. The van der Waals surface area contributed by atoms with Gasteiger partial charge in [-0.3, -0.25) is 0 Å². The van der Waals surface area contributed by atoms with Crippen LogP contribution in [0.5, 0.6) is 17.4 Å². The molecule has 0 atom stereocenters. The van der Waals surface area contributed by atoms with Gasteiger partial charge in [-0.05, 0) is 54.1 Å². The molecule has 0 saturated carbocycles. The van der Waals surface area contributed by atoms with Gasteiger partial charge < -0.3 is 24.2 Å². The third-order valence-electron chi connectivity index (χ3n) is 5.31. The number of hydrogen-bond donors (Lipinski definition) is 1. The number of rotatable bonds is 7. The number of benzene rings is 2. The van der Waals surface area contributed by atoms with Crippen LogP contribution in [0.1, 0.15) is 28.8 Å². The topological polar surface area (TPSA) is 98.2 Å². The van der Waals surface area contributed by atoms with Gasteiger partial charge in [-0.1, -0.05) is 12.1 Å². The number of carboxylic acids is 1. The number of pyridine rings is 1. The molecule has 0 unspecified atom stereocenters. The van der Waals surface area contributed by atoms with Crippen LogP contribution in [0.3, 0.4) is 0 Å². The fraction of sp³-hybridized carbons (Fsp3) is 0.240. The number of ether oxygens (including phenoxy) is 3. The Morgan fingerprint density at radius 1 is 1.03 bits per heavy atom. The van der Waals surface area contributed by atoms with Crippen molar-refractivity contribution < 1.29 is 33.3 Å². The molecule has 1 saturated heterocycles. The van der Waals surface area contributed by atoms with Crippen molar-refractivity contribution in [3.05, 3.63) is 83.8 Å². The molecule has 2 heterocycles. The minimum atomic E-state index is -1.21. The highest BCUT2D eigenvalue weighted by atomic mass is 19.1. The van der Waals surface area contributed by atoms with Crippen LogP contribution < -0.4 is 14.2 Å². The quantitative estimate of drug-likeness (QED) is 0.546. The maximum atomic E-state index is 13.3. The number of carbonyl (C=O) groups is 2. The van der Waals surface area contributed by atoms with E-state index < -0.39 is 12.1 Å². The molecule has 3 aromatic rings. The fourth-order valence-electron chi connectivity index (χ4n) is 3.54. The number of aromatic carboxylic acids is 1. The summed E-state index contributed by atoms with van der Waals surface area (Å²) in [6, 6.07) is 16.2. The fourth-order valence-corrected chi connectivity index (χ4v) is 3.54. The average Bonchev–Trinajstić information content (AvgIpc) is 2.84. The molecule has 0 spiro atoms. The van der Waals surface area contributed by atoms with Gasteiger partial charge in [0.15, 0.2) is 0 Å². The molecule has 0 radical (unpaired) electrons. The van der Waals surface area contributed by atoms with Crippen molar-refractivity contribution in [2.24, 2.45) is 0 Å². The normalized spacial score (nSPS) is 13.9. The Balaban J connectivity index is 1.24. The van der Waals surface area contributed by atoms with Crippen molar-refractivity contribution >= 4 is 12.1 Å². The van der Waals surface area contributed by atoms with Gasteiger partial charge in [-0.2, -0.15) is 0 Å².